The van der Waals surface area contributed by atoms with E-state index >= 15 is 0 Å². The van der Waals surface area contributed by atoms with Crippen molar-refractivity contribution in [1.82, 2.24) is 9.80 Å². The van der Waals surface area contributed by atoms with Crippen molar-refractivity contribution in [2.24, 2.45) is 10.2 Å². The molecular weight excluding hydrogens is 382 g/mol. The summed E-state index contributed by atoms with van der Waals surface area (Å²) < 4.78 is 33.6. The fraction of sp³-hybridized carbons (Fsp3) is 0.500. The summed E-state index contributed by atoms with van der Waals surface area (Å²) in [5, 5.41) is 7.64. The van der Waals surface area contributed by atoms with Gasteiger partial charge in [-0.3, -0.25) is 9.59 Å². The van der Waals surface area contributed by atoms with Crippen molar-refractivity contribution < 1.29 is 23.1 Å². The minimum Gasteiger partial charge on any atom is -0.342 e. The van der Waals surface area contributed by atoms with Crippen LogP contribution in [0.1, 0.15) is 37.3 Å². The van der Waals surface area contributed by atoms with Crippen LogP contribution < -0.4 is 0 Å². The number of azo groups is 1. The van der Waals surface area contributed by atoms with Crippen LogP contribution in [-0.2, 0) is 14.3 Å². The Morgan fingerprint density at radius 2 is 1.86 bits per heavy atom. The lowest BCUT2D eigenvalue weighted by molar-refractivity contribution is -0.147. The van der Waals surface area contributed by atoms with Gasteiger partial charge in [0.1, 0.15) is 23.6 Å². The fourth-order valence-electron chi connectivity index (χ4n) is 4.79. The molecule has 4 heterocycles. The van der Waals surface area contributed by atoms with Gasteiger partial charge in [0.05, 0.1) is 12.6 Å². The first-order valence-electron chi connectivity index (χ1n) is 9.80. The van der Waals surface area contributed by atoms with E-state index in [9.17, 15) is 18.4 Å². The summed E-state index contributed by atoms with van der Waals surface area (Å²) in [7, 11) is 0. The molecule has 0 saturated carbocycles. The molecule has 2 atom stereocenters. The number of benzene rings is 1. The summed E-state index contributed by atoms with van der Waals surface area (Å²) in [5.74, 6) is -1.64. The van der Waals surface area contributed by atoms with Crippen molar-refractivity contribution in [3.63, 3.8) is 0 Å². The van der Waals surface area contributed by atoms with Crippen LogP contribution in [0.2, 0.25) is 0 Å². The molecule has 0 N–H and O–H groups in total. The molecule has 1 aromatic carbocycles. The van der Waals surface area contributed by atoms with E-state index in [0.29, 0.717) is 56.6 Å². The van der Waals surface area contributed by atoms with Gasteiger partial charge >= 0.3 is 0 Å². The topological polar surface area (TPSA) is 74.6 Å². The van der Waals surface area contributed by atoms with Crippen LogP contribution in [0.15, 0.2) is 40.2 Å². The highest BCUT2D eigenvalue weighted by Crippen LogP contribution is 2.47. The van der Waals surface area contributed by atoms with E-state index in [1.807, 2.05) is 0 Å². The summed E-state index contributed by atoms with van der Waals surface area (Å²) >= 11 is 0. The third-order valence-electron chi connectivity index (χ3n) is 6.21. The Labute approximate surface area is 166 Å². The van der Waals surface area contributed by atoms with Gasteiger partial charge in [-0.15, -0.1) is 0 Å². The number of fused-ring (bicyclic) bond motifs is 1. The number of carbonyl (C=O) groups is 2. The second kappa shape index (κ2) is 6.69. The van der Waals surface area contributed by atoms with Gasteiger partial charge in [0.2, 0.25) is 0 Å². The minimum absolute atomic E-state index is 0.151. The van der Waals surface area contributed by atoms with Crippen LogP contribution in [0.5, 0.6) is 0 Å². The molecule has 0 radical (unpaired) electrons. The van der Waals surface area contributed by atoms with Crippen molar-refractivity contribution in [2.75, 3.05) is 19.6 Å². The molecule has 5 rings (SSSR count). The second-order valence-electron chi connectivity index (χ2n) is 7.88. The number of hydrogen-bond acceptors (Lipinski definition) is 5. The van der Waals surface area contributed by atoms with Gasteiger partial charge in [-0.1, -0.05) is 0 Å². The van der Waals surface area contributed by atoms with E-state index < -0.39 is 29.5 Å². The predicted molar refractivity (Wildman–Crippen MR) is 96.4 cm³/mol. The quantitative estimate of drug-likeness (QED) is 0.763. The lowest BCUT2D eigenvalue weighted by atomic mass is 9.89. The van der Waals surface area contributed by atoms with E-state index in [1.165, 1.54) is 12.1 Å². The third kappa shape index (κ3) is 2.95. The Bertz CT molecular complexity index is 919. The van der Waals surface area contributed by atoms with E-state index in [4.69, 9.17) is 4.74 Å². The zero-order chi connectivity index (χ0) is 20.2. The monoisotopic (exact) mass is 402 g/mol. The molecule has 29 heavy (non-hydrogen) atoms. The number of halogens is 2. The maximum atomic E-state index is 13.7. The molecule has 4 aliphatic rings. The number of nitrogens with zero attached hydrogens (tertiary/aromatic N) is 4. The van der Waals surface area contributed by atoms with E-state index in [-0.39, 0.29) is 11.8 Å². The second-order valence-corrected chi connectivity index (χ2v) is 7.88. The molecule has 7 nitrogen and oxygen atoms in total. The molecule has 4 aliphatic heterocycles. The van der Waals surface area contributed by atoms with Crippen molar-refractivity contribution >= 4 is 11.8 Å². The van der Waals surface area contributed by atoms with E-state index in [2.05, 4.69) is 10.2 Å². The highest BCUT2D eigenvalue weighted by molar-refractivity contribution is 5.94. The first-order chi connectivity index (χ1) is 14.0. The number of hydrogen-bond donors (Lipinski definition) is 0. The van der Waals surface area contributed by atoms with Crippen molar-refractivity contribution in [1.29, 1.82) is 0 Å². The molecule has 2 amide bonds. The highest BCUT2D eigenvalue weighted by atomic mass is 19.1. The predicted octanol–water partition coefficient (Wildman–Crippen LogP) is 2.70. The highest BCUT2D eigenvalue weighted by Gasteiger charge is 2.58. The standard InChI is InChI=1S/C20H20F2N4O3/c21-13-9-12(10-14(22)11-13)16-1-2-17-26(16)19(28)20(29-17)4-7-25(8-5-20)18(27)15-3-6-23-24-15/h3,9-11,16-17H,1-2,4-8H2/t16-,17+/m0/s1. The zero-order valence-corrected chi connectivity index (χ0v) is 15.7. The Kier molecular flexibility index (Phi) is 4.23. The number of ether oxygens (including phenoxy) is 1. The number of carbonyl (C=O) groups excluding carboxylic acids is 2. The van der Waals surface area contributed by atoms with Crippen LogP contribution in [0.3, 0.4) is 0 Å². The average molecular weight is 402 g/mol. The first kappa shape index (κ1) is 18.4. The molecule has 3 saturated heterocycles. The maximum Gasteiger partial charge on any atom is 0.274 e. The fourth-order valence-corrected chi connectivity index (χ4v) is 4.79. The largest absolute Gasteiger partial charge is 0.342 e. The number of likely N-dealkylation sites (tertiary alicyclic amines) is 1. The molecule has 0 bridgehead atoms. The molecule has 1 spiro atoms. The van der Waals surface area contributed by atoms with Gasteiger partial charge in [-0.25, -0.2) is 8.78 Å². The maximum absolute atomic E-state index is 13.7. The van der Waals surface area contributed by atoms with E-state index in [0.717, 1.165) is 6.07 Å². The SMILES string of the molecule is O=C(C1=CCN=N1)N1CCC2(CC1)O[C@@H]1CC[C@@H](c3cc(F)cc(F)c3)N1C2=O. The summed E-state index contributed by atoms with van der Waals surface area (Å²) in [6.07, 6.45) is 3.28. The van der Waals surface area contributed by atoms with Gasteiger partial charge in [0.25, 0.3) is 11.8 Å². The third-order valence-corrected chi connectivity index (χ3v) is 6.21. The molecule has 1 aromatic rings. The molecule has 9 heteroatoms. The summed E-state index contributed by atoms with van der Waals surface area (Å²) in [6.45, 7) is 1.19. The van der Waals surface area contributed by atoms with Crippen LogP contribution in [0.25, 0.3) is 0 Å². The average Bonchev–Trinajstić information content (AvgIpc) is 3.41. The lowest BCUT2D eigenvalue weighted by Crippen LogP contribution is -2.51. The van der Waals surface area contributed by atoms with Gasteiger partial charge in [-0.2, -0.15) is 10.2 Å². The molecule has 0 unspecified atom stereocenters. The van der Waals surface area contributed by atoms with Crippen LogP contribution >= 0.6 is 0 Å². The van der Waals surface area contributed by atoms with Gasteiger partial charge < -0.3 is 14.5 Å². The Hall–Kier alpha value is -2.68. The van der Waals surface area contributed by atoms with Crippen molar-refractivity contribution in [3.8, 4) is 0 Å². The summed E-state index contributed by atoms with van der Waals surface area (Å²) in [4.78, 5) is 29.1. The summed E-state index contributed by atoms with van der Waals surface area (Å²) in [6, 6.07) is 2.98. The van der Waals surface area contributed by atoms with Gasteiger partial charge in [0.15, 0.2) is 5.60 Å². The van der Waals surface area contributed by atoms with Crippen LogP contribution in [0, 0.1) is 11.6 Å². The zero-order valence-electron chi connectivity index (χ0n) is 15.7. The first-order valence-corrected chi connectivity index (χ1v) is 9.80. The molecular formula is C20H20F2N4O3. The Morgan fingerprint density at radius 1 is 1.14 bits per heavy atom. The smallest absolute Gasteiger partial charge is 0.274 e. The normalized spacial score (nSPS) is 27.7. The Morgan fingerprint density at radius 3 is 2.52 bits per heavy atom. The molecule has 152 valence electrons. The van der Waals surface area contributed by atoms with Crippen LogP contribution in [0.4, 0.5) is 8.78 Å². The summed E-state index contributed by atoms with van der Waals surface area (Å²) in [5.41, 5.74) is -0.184. The van der Waals surface area contributed by atoms with Gasteiger partial charge in [-0.05, 0) is 36.6 Å². The minimum atomic E-state index is -0.975. The lowest BCUT2D eigenvalue weighted by Gasteiger charge is -2.37. The molecule has 0 aromatic heterocycles. The molecule has 3 fully saturated rings. The number of amides is 2. The number of rotatable bonds is 2. The van der Waals surface area contributed by atoms with Crippen molar-refractivity contribution in [3.05, 3.63) is 47.2 Å². The number of piperidine rings is 1. The van der Waals surface area contributed by atoms with Gasteiger partial charge in [0, 0.05) is 32.0 Å². The molecule has 0 aliphatic carbocycles. The van der Waals surface area contributed by atoms with Crippen molar-refractivity contribution in [2.45, 2.75) is 43.6 Å². The van der Waals surface area contributed by atoms with E-state index in [1.54, 1.807) is 15.9 Å². The van der Waals surface area contributed by atoms with Crippen LogP contribution in [-0.4, -0.2) is 53.1 Å². The Balaban J connectivity index is 1.32.